The van der Waals surface area contributed by atoms with Gasteiger partial charge in [-0.2, -0.15) is 13.2 Å². The Balaban J connectivity index is 1.97. The highest BCUT2D eigenvalue weighted by atomic mass is 19.4. The van der Waals surface area contributed by atoms with Crippen LogP contribution in [0.25, 0.3) is 0 Å². The van der Waals surface area contributed by atoms with Gasteiger partial charge in [0.2, 0.25) is 5.91 Å². The largest absolute Gasteiger partial charge is 0.418 e. The Bertz CT molecular complexity index is 807. The minimum atomic E-state index is -4.57. The van der Waals surface area contributed by atoms with Crippen molar-refractivity contribution < 1.29 is 26.7 Å². The molecule has 0 aliphatic heterocycles. The van der Waals surface area contributed by atoms with Crippen LogP contribution in [-0.2, 0) is 11.0 Å². The summed E-state index contributed by atoms with van der Waals surface area (Å²) in [6, 6.07) is 7.40. The van der Waals surface area contributed by atoms with Crippen LogP contribution in [0.2, 0.25) is 0 Å². The summed E-state index contributed by atoms with van der Waals surface area (Å²) in [7, 11) is 0. The third kappa shape index (κ3) is 5.75. The molecule has 2 aromatic rings. The highest BCUT2D eigenvalue weighted by molar-refractivity contribution is 5.92. The smallest absolute Gasteiger partial charge is 0.325 e. The maximum absolute atomic E-state index is 13.3. The van der Waals surface area contributed by atoms with Crippen molar-refractivity contribution in [3.63, 3.8) is 0 Å². The van der Waals surface area contributed by atoms with E-state index in [2.05, 4.69) is 10.6 Å². The maximum atomic E-state index is 13.3. The molecule has 0 heterocycles. The molecular weight excluding hydrogens is 367 g/mol. The predicted octanol–water partition coefficient (Wildman–Crippen LogP) is 5.05. The number of alkyl halides is 3. The summed E-state index contributed by atoms with van der Waals surface area (Å²) in [6.45, 7) is 3.38. The van der Waals surface area contributed by atoms with Gasteiger partial charge in [0.05, 0.1) is 11.3 Å². The van der Waals surface area contributed by atoms with Gasteiger partial charge in [-0.1, -0.05) is 18.2 Å². The van der Waals surface area contributed by atoms with Gasteiger partial charge in [0.15, 0.2) is 11.6 Å². The highest BCUT2D eigenvalue weighted by Gasteiger charge is 2.33. The lowest BCUT2D eigenvalue weighted by atomic mass is 10.1. The molecule has 0 aliphatic carbocycles. The van der Waals surface area contributed by atoms with Gasteiger partial charge in [0, 0.05) is 18.5 Å². The zero-order chi connectivity index (χ0) is 20.2. The fraction of sp³-hybridized carbons (Fsp3) is 0.316. The number of hydrogen-bond acceptors (Lipinski definition) is 2. The second-order valence-corrected chi connectivity index (χ2v) is 6.26. The maximum Gasteiger partial charge on any atom is 0.418 e. The number of nitrogens with one attached hydrogen (secondary N) is 2. The van der Waals surface area contributed by atoms with Crippen LogP contribution in [0.5, 0.6) is 0 Å². The van der Waals surface area contributed by atoms with Crippen LogP contribution in [-0.4, -0.2) is 11.9 Å². The topological polar surface area (TPSA) is 41.1 Å². The monoisotopic (exact) mass is 386 g/mol. The first-order chi connectivity index (χ1) is 12.6. The van der Waals surface area contributed by atoms with Crippen molar-refractivity contribution in [2.75, 3.05) is 5.32 Å². The van der Waals surface area contributed by atoms with Crippen LogP contribution < -0.4 is 10.6 Å². The quantitative estimate of drug-likeness (QED) is 0.682. The van der Waals surface area contributed by atoms with Crippen LogP contribution in [0.15, 0.2) is 42.5 Å². The molecule has 27 heavy (non-hydrogen) atoms. The molecule has 0 aliphatic rings. The van der Waals surface area contributed by atoms with E-state index in [1.807, 2.05) is 0 Å². The molecule has 0 bridgehead atoms. The highest BCUT2D eigenvalue weighted by Crippen LogP contribution is 2.34. The summed E-state index contributed by atoms with van der Waals surface area (Å²) in [5.74, 6) is -2.53. The molecule has 146 valence electrons. The fourth-order valence-electron chi connectivity index (χ4n) is 2.68. The Morgan fingerprint density at radius 1 is 1.04 bits per heavy atom. The standard InChI is InChI=1S/C19H19F5N2O/c1-11(25-12(2)13-7-8-15(20)16(21)10-13)9-18(27)26-17-6-4-3-5-14(17)19(22,23)24/h3-8,10-12,25H,9H2,1-2H3,(H,26,27). The van der Waals surface area contributed by atoms with Crippen molar-refractivity contribution in [2.45, 2.75) is 38.5 Å². The van der Waals surface area contributed by atoms with Crippen molar-refractivity contribution >= 4 is 11.6 Å². The molecule has 0 spiro atoms. The van der Waals surface area contributed by atoms with Crippen molar-refractivity contribution in [1.82, 2.24) is 5.32 Å². The third-order valence-electron chi connectivity index (χ3n) is 3.98. The van der Waals surface area contributed by atoms with Gasteiger partial charge in [0.25, 0.3) is 0 Å². The lowest BCUT2D eigenvalue weighted by molar-refractivity contribution is -0.137. The first-order valence-electron chi connectivity index (χ1n) is 8.25. The lowest BCUT2D eigenvalue weighted by Gasteiger charge is -2.21. The number of carbonyl (C=O) groups is 1. The molecule has 2 aromatic carbocycles. The molecule has 0 fully saturated rings. The molecule has 2 atom stereocenters. The summed E-state index contributed by atoms with van der Waals surface area (Å²) in [4.78, 5) is 12.1. The van der Waals surface area contributed by atoms with E-state index >= 15 is 0 Å². The number of amides is 1. The zero-order valence-corrected chi connectivity index (χ0v) is 14.7. The third-order valence-corrected chi connectivity index (χ3v) is 3.98. The predicted molar refractivity (Wildman–Crippen MR) is 92.1 cm³/mol. The molecule has 0 saturated heterocycles. The number of anilines is 1. The van der Waals surface area contributed by atoms with E-state index in [1.165, 1.54) is 24.3 Å². The summed E-state index contributed by atoms with van der Waals surface area (Å²) in [5.41, 5.74) is -0.742. The summed E-state index contributed by atoms with van der Waals surface area (Å²) in [6.07, 6.45) is -4.67. The van der Waals surface area contributed by atoms with Crippen LogP contribution in [0.4, 0.5) is 27.6 Å². The van der Waals surface area contributed by atoms with E-state index < -0.39 is 35.3 Å². The molecule has 2 rings (SSSR count). The first kappa shape index (κ1) is 20.8. The van der Waals surface area contributed by atoms with Crippen molar-refractivity contribution in [3.05, 3.63) is 65.2 Å². The van der Waals surface area contributed by atoms with E-state index in [9.17, 15) is 26.7 Å². The van der Waals surface area contributed by atoms with E-state index in [-0.39, 0.29) is 18.2 Å². The fourth-order valence-corrected chi connectivity index (χ4v) is 2.68. The molecule has 3 nitrogen and oxygen atoms in total. The normalized spacial score (nSPS) is 13.9. The SMILES string of the molecule is CC(CC(=O)Nc1ccccc1C(F)(F)F)NC(C)c1ccc(F)c(F)c1. The second-order valence-electron chi connectivity index (χ2n) is 6.26. The van der Waals surface area contributed by atoms with Crippen LogP contribution in [0.3, 0.4) is 0 Å². The minimum absolute atomic E-state index is 0.0970. The summed E-state index contributed by atoms with van der Waals surface area (Å²) in [5, 5.41) is 5.30. The molecule has 8 heteroatoms. The first-order valence-corrected chi connectivity index (χ1v) is 8.25. The van der Waals surface area contributed by atoms with Crippen LogP contribution >= 0.6 is 0 Å². The van der Waals surface area contributed by atoms with Gasteiger partial charge >= 0.3 is 6.18 Å². The van der Waals surface area contributed by atoms with Crippen LogP contribution in [0.1, 0.15) is 37.4 Å². The average Bonchev–Trinajstić information content (AvgIpc) is 2.56. The Hall–Kier alpha value is -2.48. The van der Waals surface area contributed by atoms with Gasteiger partial charge in [-0.3, -0.25) is 4.79 Å². The number of hydrogen-bond donors (Lipinski definition) is 2. The molecule has 2 unspecified atom stereocenters. The zero-order valence-electron chi connectivity index (χ0n) is 14.7. The van der Waals surface area contributed by atoms with Crippen molar-refractivity contribution in [2.24, 2.45) is 0 Å². The van der Waals surface area contributed by atoms with E-state index in [4.69, 9.17) is 0 Å². The van der Waals surface area contributed by atoms with E-state index in [1.54, 1.807) is 13.8 Å². The molecule has 1 amide bonds. The van der Waals surface area contributed by atoms with Crippen molar-refractivity contribution in [3.8, 4) is 0 Å². The van der Waals surface area contributed by atoms with Crippen LogP contribution in [0, 0.1) is 11.6 Å². The molecule has 0 radical (unpaired) electrons. The number of rotatable bonds is 6. The minimum Gasteiger partial charge on any atom is -0.325 e. The Labute approximate surface area is 153 Å². The molecular formula is C19H19F5N2O. The lowest BCUT2D eigenvalue weighted by Crippen LogP contribution is -2.33. The van der Waals surface area contributed by atoms with E-state index in [0.717, 1.165) is 18.2 Å². The van der Waals surface area contributed by atoms with E-state index in [0.29, 0.717) is 5.56 Å². The van der Waals surface area contributed by atoms with Gasteiger partial charge in [-0.05, 0) is 43.7 Å². The van der Waals surface area contributed by atoms with Gasteiger partial charge in [-0.25, -0.2) is 8.78 Å². The van der Waals surface area contributed by atoms with Gasteiger partial charge in [0.1, 0.15) is 0 Å². The molecule has 0 aromatic heterocycles. The number of para-hydroxylation sites is 1. The van der Waals surface area contributed by atoms with Gasteiger partial charge in [-0.15, -0.1) is 0 Å². The summed E-state index contributed by atoms with van der Waals surface area (Å²) >= 11 is 0. The Kier molecular flexibility index (Phi) is 6.54. The summed E-state index contributed by atoms with van der Waals surface area (Å²) < 4.78 is 65.2. The van der Waals surface area contributed by atoms with Gasteiger partial charge < -0.3 is 10.6 Å². The number of carbonyl (C=O) groups excluding carboxylic acids is 1. The molecule has 0 saturated carbocycles. The number of benzene rings is 2. The Morgan fingerprint density at radius 3 is 2.33 bits per heavy atom. The number of halogens is 5. The molecule has 2 N–H and O–H groups in total. The van der Waals surface area contributed by atoms with Crippen molar-refractivity contribution in [1.29, 1.82) is 0 Å². The Morgan fingerprint density at radius 2 is 1.70 bits per heavy atom. The average molecular weight is 386 g/mol. The second kappa shape index (κ2) is 8.47.